The summed E-state index contributed by atoms with van der Waals surface area (Å²) in [4.78, 5) is 15.8. The lowest BCUT2D eigenvalue weighted by Gasteiger charge is -2.35. The number of hydrogen-bond donors (Lipinski definition) is 2. The predicted molar refractivity (Wildman–Crippen MR) is 76.3 cm³/mol. The zero-order chi connectivity index (χ0) is 14.4. The van der Waals surface area contributed by atoms with Crippen LogP contribution in [-0.2, 0) is 11.2 Å². The van der Waals surface area contributed by atoms with E-state index in [1.54, 1.807) is 0 Å². The van der Waals surface area contributed by atoms with Crippen molar-refractivity contribution in [2.24, 2.45) is 0 Å². The van der Waals surface area contributed by atoms with Crippen molar-refractivity contribution < 1.29 is 15.0 Å². The van der Waals surface area contributed by atoms with Gasteiger partial charge in [-0.05, 0) is 12.0 Å². The van der Waals surface area contributed by atoms with Gasteiger partial charge in [0.25, 0.3) is 0 Å². The van der Waals surface area contributed by atoms with Gasteiger partial charge in [-0.15, -0.1) is 0 Å². The van der Waals surface area contributed by atoms with Crippen molar-refractivity contribution >= 4 is 5.91 Å². The molecule has 1 heterocycles. The van der Waals surface area contributed by atoms with Crippen molar-refractivity contribution in [3.05, 3.63) is 35.9 Å². The van der Waals surface area contributed by atoms with Gasteiger partial charge in [-0.3, -0.25) is 9.69 Å². The Hall–Kier alpha value is -1.43. The van der Waals surface area contributed by atoms with Crippen molar-refractivity contribution in [1.29, 1.82) is 0 Å². The molecule has 1 fully saturated rings. The second-order valence-electron chi connectivity index (χ2n) is 5.19. The molecule has 1 aliphatic heterocycles. The highest BCUT2D eigenvalue weighted by Crippen LogP contribution is 2.07. The molecule has 0 radical (unpaired) electrons. The number of carbonyl (C=O) groups is 1. The summed E-state index contributed by atoms with van der Waals surface area (Å²) in [7, 11) is 0. The maximum Gasteiger partial charge on any atom is 0.236 e. The first kappa shape index (κ1) is 15.0. The van der Waals surface area contributed by atoms with E-state index >= 15 is 0 Å². The second kappa shape index (κ2) is 7.38. The Morgan fingerprint density at radius 2 is 1.95 bits per heavy atom. The average molecular weight is 278 g/mol. The molecule has 1 aromatic carbocycles. The highest BCUT2D eigenvalue weighted by Gasteiger charge is 2.24. The monoisotopic (exact) mass is 278 g/mol. The number of benzene rings is 1. The van der Waals surface area contributed by atoms with Gasteiger partial charge in [0.1, 0.15) is 0 Å². The smallest absolute Gasteiger partial charge is 0.236 e. The number of β-amino-alcohol motifs (C(OH)–C–C–N with tert-alkyl or cyclic N) is 1. The van der Waals surface area contributed by atoms with Gasteiger partial charge in [0, 0.05) is 26.2 Å². The molecule has 0 saturated carbocycles. The van der Waals surface area contributed by atoms with Crippen molar-refractivity contribution in [2.45, 2.75) is 12.5 Å². The maximum absolute atomic E-state index is 12.0. The van der Waals surface area contributed by atoms with Crippen molar-refractivity contribution in [2.75, 3.05) is 39.3 Å². The molecule has 110 valence electrons. The third kappa shape index (κ3) is 4.30. The van der Waals surface area contributed by atoms with Gasteiger partial charge in [-0.1, -0.05) is 30.3 Å². The van der Waals surface area contributed by atoms with Crippen LogP contribution in [0, 0.1) is 0 Å². The van der Waals surface area contributed by atoms with E-state index in [0.29, 0.717) is 19.6 Å². The lowest BCUT2D eigenvalue weighted by Crippen LogP contribution is -2.52. The molecule has 1 aromatic rings. The van der Waals surface area contributed by atoms with Crippen LogP contribution in [0.2, 0.25) is 0 Å². The molecular formula is C15H22N2O3. The van der Waals surface area contributed by atoms with Crippen LogP contribution in [0.1, 0.15) is 5.56 Å². The summed E-state index contributed by atoms with van der Waals surface area (Å²) in [5.74, 6) is 0.0947. The van der Waals surface area contributed by atoms with Gasteiger partial charge < -0.3 is 15.1 Å². The fourth-order valence-corrected chi connectivity index (χ4v) is 2.41. The lowest BCUT2D eigenvalue weighted by molar-refractivity contribution is -0.136. The van der Waals surface area contributed by atoms with E-state index in [-0.39, 0.29) is 12.5 Å². The molecule has 0 bridgehead atoms. The van der Waals surface area contributed by atoms with Gasteiger partial charge in [0.2, 0.25) is 5.91 Å². The van der Waals surface area contributed by atoms with Gasteiger partial charge in [-0.2, -0.15) is 0 Å². The number of rotatable bonds is 6. The van der Waals surface area contributed by atoms with Crippen molar-refractivity contribution in [3.8, 4) is 0 Å². The zero-order valence-corrected chi connectivity index (χ0v) is 11.6. The van der Waals surface area contributed by atoms with E-state index in [1.165, 1.54) is 5.56 Å². The van der Waals surface area contributed by atoms with E-state index in [4.69, 9.17) is 5.11 Å². The number of nitrogens with zero attached hydrogens (tertiary/aromatic N) is 2. The third-order valence-corrected chi connectivity index (χ3v) is 3.59. The maximum atomic E-state index is 12.0. The molecule has 1 atom stereocenters. The topological polar surface area (TPSA) is 64.0 Å². The number of aliphatic hydroxyl groups excluding tert-OH is 2. The van der Waals surface area contributed by atoms with Crippen LogP contribution < -0.4 is 0 Å². The standard InChI is InChI=1S/C15H22N2O3/c18-12-14(19)10-16-8-9-17(15(20)11-16)7-6-13-4-2-1-3-5-13/h1-5,14,18-19H,6-12H2/t14-/m0/s1. The minimum absolute atomic E-state index is 0.0947. The summed E-state index contributed by atoms with van der Waals surface area (Å²) >= 11 is 0. The summed E-state index contributed by atoms with van der Waals surface area (Å²) in [6.45, 7) is 2.59. The molecule has 0 aromatic heterocycles. The summed E-state index contributed by atoms with van der Waals surface area (Å²) in [5.41, 5.74) is 1.23. The Kier molecular flexibility index (Phi) is 5.52. The van der Waals surface area contributed by atoms with Crippen molar-refractivity contribution in [1.82, 2.24) is 9.80 Å². The number of piperazine rings is 1. The Morgan fingerprint density at radius 3 is 2.60 bits per heavy atom. The van der Waals surface area contributed by atoms with E-state index in [1.807, 2.05) is 28.0 Å². The predicted octanol–water partition coefficient (Wildman–Crippen LogP) is -0.273. The zero-order valence-electron chi connectivity index (χ0n) is 11.6. The molecule has 2 N–H and O–H groups in total. The van der Waals surface area contributed by atoms with Gasteiger partial charge in [-0.25, -0.2) is 0 Å². The van der Waals surface area contributed by atoms with Crippen LogP contribution in [0.3, 0.4) is 0 Å². The Balaban J connectivity index is 1.77. The van der Waals surface area contributed by atoms with Crippen LogP contribution in [-0.4, -0.2) is 71.4 Å². The first-order valence-corrected chi connectivity index (χ1v) is 7.02. The number of amides is 1. The van der Waals surface area contributed by atoms with E-state index in [9.17, 15) is 9.90 Å². The molecule has 1 amide bonds. The van der Waals surface area contributed by atoms with Crippen LogP contribution in [0.4, 0.5) is 0 Å². The number of hydrogen-bond acceptors (Lipinski definition) is 4. The highest BCUT2D eigenvalue weighted by molar-refractivity contribution is 5.79. The van der Waals surface area contributed by atoms with Crippen LogP contribution in [0.25, 0.3) is 0 Å². The molecule has 5 nitrogen and oxygen atoms in total. The quantitative estimate of drug-likeness (QED) is 0.752. The molecule has 1 saturated heterocycles. The fraction of sp³-hybridized carbons (Fsp3) is 0.533. The first-order valence-electron chi connectivity index (χ1n) is 7.02. The molecule has 0 aliphatic carbocycles. The highest BCUT2D eigenvalue weighted by atomic mass is 16.3. The second-order valence-corrected chi connectivity index (χ2v) is 5.19. The molecule has 0 unspecified atom stereocenters. The molecule has 5 heteroatoms. The van der Waals surface area contributed by atoms with Crippen LogP contribution in [0.15, 0.2) is 30.3 Å². The minimum Gasteiger partial charge on any atom is -0.394 e. The molecular weight excluding hydrogens is 256 g/mol. The van der Waals surface area contributed by atoms with Crippen LogP contribution in [0.5, 0.6) is 0 Å². The first-order chi connectivity index (χ1) is 9.69. The molecule has 20 heavy (non-hydrogen) atoms. The van der Waals surface area contributed by atoms with Gasteiger partial charge in [0.15, 0.2) is 0 Å². The Morgan fingerprint density at radius 1 is 1.20 bits per heavy atom. The lowest BCUT2D eigenvalue weighted by atomic mass is 10.1. The number of aliphatic hydroxyl groups is 2. The minimum atomic E-state index is -0.765. The molecule has 2 rings (SSSR count). The van der Waals surface area contributed by atoms with Crippen LogP contribution >= 0.6 is 0 Å². The Bertz CT molecular complexity index is 424. The van der Waals surface area contributed by atoms with Crippen molar-refractivity contribution in [3.63, 3.8) is 0 Å². The van der Waals surface area contributed by atoms with E-state index in [2.05, 4.69) is 12.1 Å². The SMILES string of the molecule is O=C1CN(C[C@H](O)CO)CCN1CCc1ccccc1. The van der Waals surface area contributed by atoms with Gasteiger partial charge in [0.05, 0.1) is 19.3 Å². The summed E-state index contributed by atoms with van der Waals surface area (Å²) in [6, 6.07) is 10.1. The Labute approximate surface area is 119 Å². The van der Waals surface area contributed by atoms with E-state index < -0.39 is 6.10 Å². The molecule has 0 spiro atoms. The fourth-order valence-electron chi connectivity index (χ4n) is 2.41. The summed E-state index contributed by atoms with van der Waals surface area (Å²) in [5, 5.41) is 18.2. The number of carbonyl (C=O) groups excluding carboxylic acids is 1. The summed E-state index contributed by atoms with van der Waals surface area (Å²) in [6.07, 6.45) is 0.102. The van der Waals surface area contributed by atoms with Gasteiger partial charge >= 0.3 is 0 Å². The third-order valence-electron chi connectivity index (χ3n) is 3.59. The average Bonchev–Trinajstić information content (AvgIpc) is 2.47. The molecule has 1 aliphatic rings. The summed E-state index contributed by atoms with van der Waals surface area (Å²) < 4.78 is 0. The van der Waals surface area contributed by atoms with E-state index in [0.717, 1.165) is 19.5 Å². The normalized spacial score (nSPS) is 18.3. The largest absolute Gasteiger partial charge is 0.394 e.